The fourth-order valence-corrected chi connectivity index (χ4v) is 3.92. The second-order valence-electron chi connectivity index (χ2n) is 7.26. The quantitative estimate of drug-likeness (QED) is 0.780. The number of amides is 2. The lowest BCUT2D eigenvalue weighted by Gasteiger charge is -2.33. The second kappa shape index (κ2) is 10.1. The zero-order valence-electron chi connectivity index (χ0n) is 15.7. The van der Waals surface area contributed by atoms with E-state index in [0.717, 1.165) is 44.4 Å². The van der Waals surface area contributed by atoms with Crippen molar-refractivity contribution in [3.63, 3.8) is 0 Å². The molecule has 2 saturated heterocycles. The van der Waals surface area contributed by atoms with E-state index in [1.54, 1.807) is 6.20 Å². The molecule has 4 heterocycles. The Morgan fingerprint density at radius 2 is 2.07 bits per heavy atom. The van der Waals surface area contributed by atoms with Gasteiger partial charge in [-0.1, -0.05) is 0 Å². The van der Waals surface area contributed by atoms with Gasteiger partial charge < -0.3 is 19.9 Å². The molecule has 4 rings (SSSR count). The van der Waals surface area contributed by atoms with Gasteiger partial charge in [-0.3, -0.25) is 9.59 Å². The van der Waals surface area contributed by atoms with Crippen molar-refractivity contribution in [1.29, 1.82) is 0 Å². The summed E-state index contributed by atoms with van der Waals surface area (Å²) in [5, 5.41) is 6.28. The van der Waals surface area contributed by atoms with Gasteiger partial charge in [0, 0.05) is 38.2 Å². The number of carbonyl (C=O) groups excluding carboxylic acids is 2. The molecule has 2 aromatic rings. The molecule has 2 N–H and O–H groups in total. The van der Waals surface area contributed by atoms with E-state index in [2.05, 4.69) is 15.6 Å². The summed E-state index contributed by atoms with van der Waals surface area (Å²) in [6.45, 7) is 3.03. The summed E-state index contributed by atoms with van der Waals surface area (Å²) < 4.78 is 1.86. The van der Waals surface area contributed by atoms with Crippen LogP contribution in [-0.4, -0.2) is 58.3 Å². The molecule has 2 fully saturated rings. The third-order valence-electron chi connectivity index (χ3n) is 5.38. The van der Waals surface area contributed by atoms with Gasteiger partial charge in [-0.15, -0.1) is 24.8 Å². The minimum atomic E-state index is -0.0433. The van der Waals surface area contributed by atoms with Crippen molar-refractivity contribution in [2.24, 2.45) is 5.92 Å². The Balaban J connectivity index is 0.00000140. The molecule has 2 aromatic heterocycles. The predicted molar refractivity (Wildman–Crippen MR) is 112 cm³/mol. The number of aromatic nitrogens is 2. The van der Waals surface area contributed by atoms with Crippen LogP contribution in [0.15, 0.2) is 30.7 Å². The van der Waals surface area contributed by atoms with E-state index >= 15 is 0 Å². The number of nitrogens with one attached hydrogen (secondary N) is 2. The number of pyridine rings is 1. The van der Waals surface area contributed by atoms with Crippen LogP contribution in [0.3, 0.4) is 0 Å². The van der Waals surface area contributed by atoms with E-state index in [0.29, 0.717) is 24.6 Å². The highest BCUT2D eigenvalue weighted by Crippen LogP contribution is 2.19. The van der Waals surface area contributed by atoms with E-state index in [1.807, 2.05) is 33.8 Å². The van der Waals surface area contributed by atoms with Crippen LogP contribution in [0.1, 0.15) is 36.0 Å². The highest BCUT2D eigenvalue weighted by Gasteiger charge is 2.27. The fraction of sp³-hybridized carbons (Fsp3) is 0.526. The van der Waals surface area contributed by atoms with Gasteiger partial charge >= 0.3 is 0 Å². The van der Waals surface area contributed by atoms with Crippen LogP contribution in [0.4, 0.5) is 0 Å². The summed E-state index contributed by atoms with van der Waals surface area (Å²) in [6.07, 6.45) is 9.40. The third-order valence-corrected chi connectivity index (χ3v) is 5.38. The number of hydrogen-bond acceptors (Lipinski definition) is 4. The third kappa shape index (κ3) is 4.96. The molecule has 0 saturated carbocycles. The number of nitrogens with zero attached hydrogens (tertiary/aromatic N) is 3. The first-order valence-corrected chi connectivity index (χ1v) is 9.44. The molecule has 0 aromatic carbocycles. The number of imidazole rings is 1. The lowest BCUT2D eigenvalue weighted by Crippen LogP contribution is -2.46. The number of halogens is 2. The molecule has 7 nitrogen and oxygen atoms in total. The van der Waals surface area contributed by atoms with Gasteiger partial charge in [0.1, 0.15) is 5.65 Å². The van der Waals surface area contributed by atoms with E-state index in [9.17, 15) is 9.59 Å². The van der Waals surface area contributed by atoms with Crippen molar-refractivity contribution < 1.29 is 9.59 Å². The standard InChI is InChI=1S/C19H25N5O2.2ClH/c25-18(16-4-1-7-20-16)22-11-14-3-2-9-24(12-14)19(26)15-5-6-17-21-8-10-23(17)13-15;;/h5-6,8,10,13-14,16,20H,1-4,7,9,11-12H2,(H,22,25);2*1H. The van der Waals surface area contributed by atoms with Crippen molar-refractivity contribution in [1.82, 2.24) is 24.9 Å². The number of carbonyl (C=O) groups is 2. The lowest BCUT2D eigenvalue weighted by atomic mass is 9.97. The Morgan fingerprint density at radius 1 is 1.21 bits per heavy atom. The van der Waals surface area contributed by atoms with Crippen molar-refractivity contribution in [3.8, 4) is 0 Å². The first kappa shape index (κ1) is 22.5. The van der Waals surface area contributed by atoms with Crippen molar-refractivity contribution in [2.45, 2.75) is 31.7 Å². The number of fused-ring (bicyclic) bond motifs is 1. The van der Waals surface area contributed by atoms with Gasteiger partial charge in [0.2, 0.25) is 5.91 Å². The summed E-state index contributed by atoms with van der Waals surface area (Å²) in [4.78, 5) is 31.1. The molecule has 154 valence electrons. The van der Waals surface area contributed by atoms with Gasteiger partial charge in [0.05, 0.1) is 11.6 Å². The first-order chi connectivity index (χ1) is 12.7. The number of likely N-dealkylation sites (tertiary alicyclic amines) is 1. The molecule has 0 aliphatic carbocycles. The van der Waals surface area contributed by atoms with E-state index in [4.69, 9.17) is 0 Å². The summed E-state index contributed by atoms with van der Waals surface area (Å²) in [5.74, 6) is 0.459. The molecule has 0 spiro atoms. The maximum absolute atomic E-state index is 12.9. The van der Waals surface area contributed by atoms with E-state index < -0.39 is 0 Å². The Hall–Kier alpha value is -1.83. The average molecular weight is 428 g/mol. The van der Waals surface area contributed by atoms with Crippen LogP contribution in [0.5, 0.6) is 0 Å². The normalized spacial score (nSPS) is 21.6. The minimum absolute atomic E-state index is 0. The fourth-order valence-electron chi connectivity index (χ4n) is 3.92. The van der Waals surface area contributed by atoms with Crippen LogP contribution in [0, 0.1) is 5.92 Å². The molecule has 2 atom stereocenters. The van der Waals surface area contributed by atoms with Gasteiger partial charge in [-0.25, -0.2) is 4.98 Å². The molecule has 2 aliphatic rings. The van der Waals surface area contributed by atoms with Gasteiger partial charge in [-0.2, -0.15) is 0 Å². The highest BCUT2D eigenvalue weighted by molar-refractivity contribution is 5.94. The number of hydrogen-bond donors (Lipinski definition) is 2. The van der Waals surface area contributed by atoms with Crippen LogP contribution >= 0.6 is 24.8 Å². The summed E-state index contributed by atoms with van der Waals surface area (Å²) in [7, 11) is 0. The highest BCUT2D eigenvalue weighted by atomic mass is 35.5. The number of piperidine rings is 1. The number of rotatable bonds is 4. The van der Waals surface area contributed by atoms with E-state index in [-0.39, 0.29) is 42.7 Å². The van der Waals surface area contributed by atoms with Gasteiger partial charge in [0.25, 0.3) is 5.91 Å². The van der Waals surface area contributed by atoms with Gasteiger partial charge in [-0.05, 0) is 50.3 Å². The van der Waals surface area contributed by atoms with Crippen molar-refractivity contribution in [2.75, 3.05) is 26.2 Å². The molecule has 2 amide bonds. The zero-order chi connectivity index (χ0) is 17.9. The molecule has 0 radical (unpaired) electrons. The predicted octanol–water partition coefficient (Wildman–Crippen LogP) is 1.90. The maximum atomic E-state index is 12.9. The topological polar surface area (TPSA) is 78.7 Å². The average Bonchev–Trinajstić information content (AvgIpc) is 3.36. The Labute approximate surface area is 177 Å². The molecule has 9 heteroatoms. The van der Waals surface area contributed by atoms with Crippen LogP contribution in [0.2, 0.25) is 0 Å². The molecule has 2 unspecified atom stereocenters. The smallest absolute Gasteiger partial charge is 0.255 e. The maximum Gasteiger partial charge on any atom is 0.255 e. The lowest BCUT2D eigenvalue weighted by molar-refractivity contribution is -0.123. The molecule has 2 aliphatic heterocycles. The molecule has 0 bridgehead atoms. The monoisotopic (exact) mass is 427 g/mol. The van der Waals surface area contributed by atoms with E-state index in [1.165, 1.54) is 0 Å². The van der Waals surface area contributed by atoms with Crippen LogP contribution < -0.4 is 10.6 Å². The minimum Gasteiger partial charge on any atom is -0.354 e. The largest absolute Gasteiger partial charge is 0.354 e. The van der Waals surface area contributed by atoms with Gasteiger partial charge in [0.15, 0.2) is 0 Å². The summed E-state index contributed by atoms with van der Waals surface area (Å²) in [5.41, 5.74) is 1.51. The second-order valence-corrected chi connectivity index (χ2v) is 7.26. The Morgan fingerprint density at radius 3 is 2.86 bits per heavy atom. The van der Waals surface area contributed by atoms with Crippen LogP contribution in [-0.2, 0) is 4.79 Å². The molecular weight excluding hydrogens is 401 g/mol. The summed E-state index contributed by atoms with van der Waals surface area (Å²) >= 11 is 0. The first-order valence-electron chi connectivity index (χ1n) is 9.44. The zero-order valence-corrected chi connectivity index (χ0v) is 17.3. The van der Waals surface area contributed by atoms with Crippen LogP contribution in [0.25, 0.3) is 5.65 Å². The van der Waals surface area contributed by atoms with Crippen molar-refractivity contribution >= 4 is 42.3 Å². The molecular formula is C19H27Cl2N5O2. The molecule has 28 heavy (non-hydrogen) atoms. The Kier molecular flexibility index (Phi) is 8.10. The Bertz CT molecular complexity index is 806. The summed E-state index contributed by atoms with van der Waals surface area (Å²) in [6, 6.07) is 3.66. The SMILES string of the molecule is Cl.Cl.O=C(NCC1CCCN(C(=O)c2ccc3nccn3c2)C1)C1CCCN1. The van der Waals surface area contributed by atoms with Crippen molar-refractivity contribution in [3.05, 3.63) is 36.3 Å².